The predicted molar refractivity (Wildman–Crippen MR) is 108 cm³/mol. The van der Waals surface area contributed by atoms with Gasteiger partial charge in [-0.05, 0) is 49.6 Å². The van der Waals surface area contributed by atoms with Crippen molar-refractivity contribution in [3.63, 3.8) is 0 Å². The number of amides is 1. The molecule has 1 unspecified atom stereocenters. The molecule has 2 heterocycles. The summed E-state index contributed by atoms with van der Waals surface area (Å²) in [6.45, 7) is 1.95. The molecule has 2 aromatic rings. The van der Waals surface area contributed by atoms with Gasteiger partial charge in [0.15, 0.2) is 9.84 Å². The summed E-state index contributed by atoms with van der Waals surface area (Å²) >= 11 is 0. The third kappa shape index (κ3) is 5.62. The first-order chi connectivity index (χ1) is 13.6. The van der Waals surface area contributed by atoms with Gasteiger partial charge in [-0.2, -0.15) is 0 Å². The normalized spacial score (nSPS) is 17.9. The van der Waals surface area contributed by atoms with Crippen LogP contribution in [-0.4, -0.2) is 49.1 Å². The summed E-state index contributed by atoms with van der Waals surface area (Å²) in [5.74, 6) is 0.0159. The minimum absolute atomic E-state index is 0.0132. The maximum absolute atomic E-state index is 12.7. The first-order valence-electron chi connectivity index (χ1n) is 9.75. The first kappa shape index (κ1) is 20.5. The topological polar surface area (TPSA) is 79.4 Å². The van der Waals surface area contributed by atoms with Gasteiger partial charge in [-0.3, -0.25) is 14.7 Å². The van der Waals surface area contributed by atoms with E-state index in [-0.39, 0.29) is 17.7 Å². The van der Waals surface area contributed by atoms with Crippen molar-refractivity contribution in [2.24, 2.45) is 0 Å². The third-order valence-electron chi connectivity index (χ3n) is 5.02. The van der Waals surface area contributed by atoms with Crippen molar-refractivity contribution in [1.82, 2.24) is 15.2 Å². The largest absolute Gasteiger partial charge is 0.355 e. The summed E-state index contributed by atoms with van der Waals surface area (Å²) in [5.41, 5.74) is 1.09. The lowest BCUT2D eigenvalue weighted by Gasteiger charge is -2.34. The van der Waals surface area contributed by atoms with Crippen molar-refractivity contribution < 1.29 is 13.2 Å². The summed E-state index contributed by atoms with van der Waals surface area (Å²) in [7, 11) is -3.30. The number of carbonyl (C=O) groups excluding carboxylic acids is 1. The second-order valence-corrected chi connectivity index (χ2v) is 9.23. The number of nitrogens with one attached hydrogen (secondary N) is 1. The molecule has 1 N–H and O–H groups in total. The van der Waals surface area contributed by atoms with Gasteiger partial charge in [0.2, 0.25) is 5.91 Å². The van der Waals surface area contributed by atoms with Gasteiger partial charge in [0, 0.05) is 25.5 Å². The summed E-state index contributed by atoms with van der Waals surface area (Å²) in [5, 5.41) is 2.93. The number of hydrogen-bond donors (Lipinski definition) is 1. The van der Waals surface area contributed by atoms with Crippen LogP contribution in [-0.2, 0) is 21.2 Å². The van der Waals surface area contributed by atoms with E-state index in [9.17, 15) is 13.2 Å². The zero-order valence-electron chi connectivity index (χ0n) is 16.0. The lowest BCUT2D eigenvalue weighted by atomic mass is 10.0. The van der Waals surface area contributed by atoms with Crippen molar-refractivity contribution in [3.05, 3.63) is 60.4 Å². The van der Waals surface area contributed by atoms with Gasteiger partial charge < -0.3 is 5.32 Å². The van der Waals surface area contributed by atoms with Gasteiger partial charge in [-0.25, -0.2) is 8.42 Å². The van der Waals surface area contributed by atoms with Crippen molar-refractivity contribution in [2.75, 3.05) is 18.8 Å². The number of likely N-dealkylation sites (tertiary alicyclic amines) is 1. The number of pyridine rings is 1. The number of piperidine rings is 1. The van der Waals surface area contributed by atoms with Crippen molar-refractivity contribution in [3.8, 4) is 0 Å². The molecule has 1 fully saturated rings. The molecule has 1 atom stereocenters. The van der Waals surface area contributed by atoms with E-state index in [4.69, 9.17) is 0 Å². The minimum Gasteiger partial charge on any atom is -0.355 e. The molecule has 1 aromatic heterocycles. The van der Waals surface area contributed by atoms with E-state index in [1.165, 1.54) is 0 Å². The molecular weight excluding hydrogens is 374 g/mol. The SMILES string of the molecule is O=C(NCCCS(=O)(=O)c1ccccc1)C1CCCCN1Cc1cccnc1. The van der Waals surface area contributed by atoms with Gasteiger partial charge in [0.1, 0.15) is 0 Å². The number of sulfone groups is 1. The maximum atomic E-state index is 12.7. The molecular formula is C21H27N3O3S. The Balaban J connectivity index is 1.49. The molecule has 0 aliphatic carbocycles. The van der Waals surface area contributed by atoms with Crippen LogP contribution in [0.2, 0.25) is 0 Å². The van der Waals surface area contributed by atoms with Gasteiger partial charge in [-0.1, -0.05) is 30.7 Å². The minimum atomic E-state index is -3.30. The summed E-state index contributed by atoms with van der Waals surface area (Å²) < 4.78 is 24.6. The molecule has 6 nitrogen and oxygen atoms in total. The standard InChI is InChI=1S/C21H27N3O3S/c25-21(23-13-7-15-28(26,27)19-9-2-1-3-10-19)20-11-4-5-14-24(20)17-18-8-6-12-22-16-18/h1-3,6,8-10,12,16,20H,4-5,7,11,13-15,17H2,(H,23,25). The Morgan fingerprint density at radius 2 is 1.96 bits per heavy atom. The fraction of sp³-hybridized carbons (Fsp3) is 0.429. The van der Waals surface area contributed by atoms with E-state index < -0.39 is 9.84 Å². The molecule has 1 saturated heterocycles. The molecule has 150 valence electrons. The number of carbonyl (C=O) groups is 1. The smallest absolute Gasteiger partial charge is 0.237 e. The van der Waals surface area contributed by atoms with Gasteiger partial charge in [0.25, 0.3) is 0 Å². The van der Waals surface area contributed by atoms with Crippen molar-refractivity contribution in [1.29, 1.82) is 0 Å². The summed E-state index contributed by atoms with van der Waals surface area (Å²) in [4.78, 5) is 19.3. The van der Waals surface area contributed by atoms with Crippen LogP contribution < -0.4 is 5.32 Å². The lowest BCUT2D eigenvalue weighted by Crippen LogP contribution is -2.49. The molecule has 1 aliphatic rings. The van der Waals surface area contributed by atoms with Crippen LogP contribution in [0.5, 0.6) is 0 Å². The number of aromatic nitrogens is 1. The highest BCUT2D eigenvalue weighted by atomic mass is 32.2. The predicted octanol–water partition coefficient (Wildman–Crippen LogP) is 2.42. The molecule has 0 spiro atoms. The molecule has 0 bridgehead atoms. The maximum Gasteiger partial charge on any atom is 0.237 e. The molecule has 0 radical (unpaired) electrons. The zero-order valence-corrected chi connectivity index (χ0v) is 16.8. The van der Waals surface area contributed by atoms with Crippen LogP contribution in [0.4, 0.5) is 0 Å². The summed E-state index contributed by atoms with van der Waals surface area (Å²) in [6.07, 6.45) is 6.92. The first-order valence-corrected chi connectivity index (χ1v) is 11.4. The van der Waals surface area contributed by atoms with E-state index >= 15 is 0 Å². The van der Waals surface area contributed by atoms with E-state index in [0.29, 0.717) is 24.4 Å². The second-order valence-electron chi connectivity index (χ2n) is 7.12. The number of benzene rings is 1. The fourth-order valence-electron chi connectivity index (χ4n) is 3.54. The highest BCUT2D eigenvalue weighted by Crippen LogP contribution is 2.19. The third-order valence-corrected chi connectivity index (χ3v) is 6.83. The molecule has 3 rings (SSSR count). The van der Waals surface area contributed by atoms with Crippen LogP contribution in [0.25, 0.3) is 0 Å². The highest BCUT2D eigenvalue weighted by molar-refractivity contribution is 7.91. The fourth-order valence-corrected chi connectivity index (χ4v) is 4.87. The van der Waals surface area contributed by atoms with E-state index in [1.54, 1.807) is 36.5 Å². The zero-order chi connectivity index (χ0) is 19.8. The van der Waals surface area contributed by atoms with Crippen LogP contribution >= 0.6 is 0 Å². The number of nitrogens with zero attached hydrogens (tertiary/aromatic N) is 2. The van der Waals surface area contributed by atoms with Gasteiger partial charge in [0.05, 0.1) is 16.7 Å². The van der Waals surface area contributed by atoms with Crippen LogP contribution in [0, 0.1) is 0 Å². The van der Waals surface area contributed by atoms with E-state index in [1.807, 2.05) is 18.3 Å². The molecule has 1 aromatic carbocycles. The Kier molecular flexibility index (Phi) is 7.17. The Labute approximate surface area is 166 Å². The number of rotatable bonds is 8. The second kappa shape index (κ2) is 9.80. The molecule has 1 aliphatic heterocycles. The molecule has 7 heteroatoms. The van der Waals surface area contributed by atoms with Gasteiger partial charge in [-0.15, -0.1) is 0 Å². The van der Waals surface area contributed by atoms with Crippen molar-refractivity contribution in [2.45, 2.75) is 43.2 Å². The van der Waals surface area contributed by atoms with Crippen LogP contribution in [0.15, 0.2) is 59.8 Å². The Morgan fingerprint density at radius 1 is 1.14 bits per heavy atom. The Bertz CT molecular complexity index is 857. The Morgan fingerprint density at radius 3 is 2.71 bits per heavy atom. The average molecular weight is 402 g/mol. The highest BCUT2D eigenvalue weighted by Gasteiger charge is 2.28. The van der Waals surface area contributed by atoms with Crippen molar-refractivity contribution >= 4 is 15.7 Å². The average Bonchev–Trinajstić information content (AvgIpc) is 2.73. The summed E-state index contributed by atoms with van der Waals surface area (Å²) in [6, 6.07) is 12.2. The quantitative estimate of drug-likeness (QED) is 0.687. The van der Waals surface area contributed by atoms with Crippen LogP contribution in [0.1, 0.15) is 31.2 Å². The molecule has 1 amide bonds. The molecule has 28 heavy (non-hydrogen) atoms. The monoisotopic (exact) mass is 401 g/mol. The molecule has 0 saturated carbocycles. The van der Waals surface area contributed by atoms with E-state index in [0.717, 1.165) is 31.4 Å². The Hall–Kier alpha value is -2.25. The van der Waals surface area contributed by atoms with Gasteiger partial charge >= 0.3 is 0 Å². The van der Waals surface area contributed by atoms with Crippen LogP contribution in [0.3, 0.4) is 0 Å². The number of hydrogen-bond acceptors (Lipinski definition) is 5. The van der Waals surface area contributed by atoms with E-state index in [2.05, 4.69) is 15.2 Å². The lowest BCUT2D eigenvalue weighted by molar-refractivity contribution is -0.127.